The Morgan fingerprint density at radius 3 is 3.00 bits per heavy atom. The van der Waals surface area contributed by atoms with Crippen LogP contribution < -0.4 is 15.8 Å². The van der Waals surface area contributed by atoms with Crippen LogP contribution in [0.2, 0.25) is 0 Å². The smallest absolute Gasteiger partial charge is 0.220 e. The van der Waals surface area contributed by atoms with Crippen LogP contribution in [-0.4, -0.2) is 23.5 Å². The number of anilines is 2. The van der Waals surface area contributed by atoms with Gasteiger partial charge in [0.15, 0.2) is 0 Å². The molecule has 0 saturated heterocycles. The highest BCUT2D eigenvalue weighted by atomic mass is 16.5. The number of nitrogens with zero attached hydrogens (tertiary/aromatic N) is 2. The van der Waals surface area contributed by atoms with Gasteiger partial charge in [-0.3, -0.25) is 4.79 Å². The van der Waals surface area contributed by atoms with Crippen LogP contribution in [0.25, 0.3) is 11.3 Å². The number of aromatic nitrogens is 2. The van der Waals surface area contributed by atoms with Gasteiger partial charge in [-0.2, -0.15) is 0 Å². The molecule has 0 spiro atoms. The first-order valence-corrected chi connectivity index (χ1v) is 5.21. The zero-order valence-electron chi connectivity index (χ0n) is 9.75. The zero-order valence-corrected chi connectivity index (χ0v) is 9.75. The summed E-state index contributed by atoms with van der Waals surface area (Å²) in [6.07, 6.45) is 2.03. The number of hydrogen-bond donors (Lipinski definition) is 2. The lowest BCUT2D eigenvalue weighted by molar-refractivity contribution is -0.105. The zero-order chi connectivity index (χ0) is 13.0. The Bertz CT molecular complexity index is 572. The third-order valence-electron chi connectivity index (χ3n) is 2.36. The van der Waals surface area contributed by atoms with Crippen LogP contribution in [0.1, 0.15) is 0 Å². The van der Waals surface area contributed by atoms with Crippen molar-refractivity contribution in [2.24, 2.45) is 0 Å². The molecule has 1 aromatic carbocycles. The van der Waals surface area contributed by atoms with E-state index in [1.165, 1.54) is 6.20 Å². The molecule has 2 aromatic rings. The van der Waals surface area contributed by atoms with Crippen LogP contribution >= 0.6 is 0 Å². The molecule has 0 unspecified atom stereocenters. The van der Waals surface area contributed by atoms with Crippen molar-refractivity contribution in [2.75, 3.05) is 18.2 Å². The number of methoxy groups -OCH3 is 1. The first-order valence-electron chi connectivity index (χ1n) is 5.21. The Kier molecular flexibility index (Phi) is 3.38. The van der Waals surface area contributed by atoms with Gasteiger partial charge >= 0.3 is 0 Å². The number of carbonyl (C=O) groups excluding carboxylic acids is 1. The van der Waals surface area contributed by atoms with E-state index in [2.05, 4.69) is 15.3 Å². The molecule has 1 amide bonds. The number of carbonyl (C=O) groups is 1. The molecule has 0 aliphatic rings. The second-order valence-electron chi connectivity index (χ2n) is 3.48. The molecule has 1 aromatic heterocycles. The summed E-state index contributed by atoms with van der Waals surface area (Å²) in [5.74, 6) is 0.839. The van der Waals surface area contributed by atoms with Crippen molar-refractivity contribution in [3.05, 3.63) is 30.5 Å². The van der Waals surface area contributed by atoms with Crippen LogP contribution in [0.3, 0.4) is 0 Å². The molecule has 0 bridgehead atoms. The number of nitrogens with two attached hydrogens (primary N) is 1. The molecule has 6 nitrogen and oxygen atoms in total. The van der Waals surface area contributed by atoms with Crippen molar-refractivity contribution >= 4 is 18.0 Å². The van der Waals surface area contributed by atoms with Crippen molar-refractivity contribution in [1.82, 2.24) is 9.97 Å². The van der Waals surface area contributed by atoms with Crippen LogP contribution in [0.15, 0.2) is 30.5 Å². The van der Waals surface area contributed by atoms with E-state index in [9.17, 15) is 4.79 Å². The summed E-state index contributed by atoms with van der Waals surface area (Å²) < 4.78 is 5.14. The molecule has 92 valence electrons. The van der Waals surface area contributed by atoms with Crippen molar-refractivity contribution < 1.29 is 9.53 Å². The number of amides is 1. The molecule has 3 N–H and O–H groups in total. The largest absolute Gasteiger partial charge is 0.497 e. The molecule has 0 aliphatic carbocycles. The van der Waals surface area contributed by atoms with Gasteiger partial charge in [-0.25, -0.2) is 9.97 Å². The maximum absolute atomic E-state index is 10.5. The third-order valence-corrected chi connectivity index (χ3v) is 2.36. The monoisotopic (exact) mass is 244 g/mol. The average Bonchev–Trinajstić information content (AvgIpc) is 2.41. The molecule has 0 atom stereocenters. The minimum atomic E-state index is 0.143. The van der Waals surface area contributed by atoms with Gasteiger partial charge in [-0.1, -0.05) is 12.1 Å². The van der Waals surface area contributed by atoms with E-state index in [1.807, 2.05) is 18.2 Å². The Labute approximate surface area is 104 Å². The van der Waals surface area contributed by atoms with E-state index >= 15 is 0 Å². The normalized spacial score (nSPS) is 9.83. The lowest BCUT2D eigenvalue weighted by Crippen LogP contribution is -2.03. The van der Waals surface area contributed by atoms with E-state index in [-0.39, 0.29) is 5.95 Å². The number of ether oxygens (including phenoxy) is 1. The molecule has 0 radical (unpaired) electrons. The van der Waals surface area contributed by atoms with Gasteiger partial charge in [0.2, 0.25) is 12.4 Å². The fraction of sp³-hybridized carbons (Fsp3) is 0.0833. The summed E-state index contributed by atoms with van der Waals surface area (Å²) in [6.45, 7) is 0. The van der Waals surface area contributed by atoms with Crippen molar-refractivity contribution in [3.63, 3.8) is 0 Å². The fourth-order valence-corrected chi connectivity index (χ4v) is 1.56. The highest BCUT2D eigenvalue weighted by molar-refractivity contribution is 5.83. The summed E-state index contributed by atoms with van der Waals surface area (Å²) in [6, 6.07) is 7.30. The van der Waals surface area contributed by atoms with Gasteiger partial charge in [-0.15, -0.1) is 0 Å². The Hall–Kier alpha value is -2.63. The summed E-state index contributed by atoms with van der Waals surface area (Å²) >= 11 is 0. The highest BCUT2D eigenvalue weighted by Crippen LogP contribution is 2.28. The topological polar surface area (TPSA) is 90.1 Å². The second-order valence-corrected chi connectivity index (χ2v) is 3.48. The minimum Gasteiger partial charge on any atom is -0.497 e. The average molecular weight is 244 g/mol. The molecular weight excluding hydrogens is 232 g/mol. The van der Waals surface area contributed by atoms with Crippen molar-refractivity contribution in [2.45, 2.75) is 0 Å². The summed E-state index contributed by atoms with van der Waals surface area (Å²) in [5.41, 5.74) is 7.39. The predicted molar refractivity (Wildman–Crippen MR) is 68.1 cm³/mol. The van der Waals surface area contributed by atoms with E-state index in [4.69, 9.17) is 10.5 Å². The molecular formula is C12H12N4O2. The molecule has 6 heteroatoms. The Morgan fingerprint density at radius 1 is 1.44 bits per heavy atom. The van der Waals surface area contributed by atoms with Gasteiger partial charge in [0.1, 0.15) is 5.75 Å². The van der Waals surface area contributed by atoms with Crippen LogP contribution in [0.5, 0.6) is 5.75 Å². The van der Waals surface area contributed by atoms with Crippen LogP contribution in [0, 0.1) is 0 Å². The van der Waals surface area contributed by atoms with E-state index < -0.39 is 0 Å². The summed E-state index contributed by atoms with van der Waals surface area (Å²) in [5, 5.41) is 2.54. The molecule has 2 rings (SSSR count). The second kappa shape index (κ2) is 5.13. The number of rotatable bonds is 4. The van der Waals surface area contributed by atoms with Crippen molar-refractivity contribution in [1.29, 1.82) is 0 Å². The van der Waals surface area contributed by atoms with Crippen LogP contribution in [-0.2, 0) is 4.79 Å². The molecule has 0 aliphatic heterocycles. The quantitative estimate of drug-likeness (QED) is 0.791. The van der Waals surface area contributed by atoms with Gasteiger partial charge in [0, 0.05) is 5.56 Å². The van der Waals surface area contributed by atoms with Crippen molar-refractivity contribution in [3.8, 4) is 17.0 Å². The third kappa shape index (κ3) is 2.37. The lowest BCUT2D eigenvalue weighted by atomic mass is 10.1. The van der Waals surface area contributed by atoms with E-state index in [0.29, 0.717) is 23.5 Å². The molecule has 0 saturated carbocycles. The number of benzene rings is 1. The van der Waals surface area contributed by atoms with Gasteiger partial charge in [0.25, 0.3) is 0 Å². The Morgan fingerprint density at radius 2 is 2.28 bits per heavy atom. The molecule has 0 fully saturated rings. The van der Waals surface area contributed by atoms with Gasteiger partial charge in [-0.05, 0) is 12.1 Å². The maximum atomic E-state index is 10.5. The summed E-state index contributed by atoms with van der Waals surface area (Å²) in [7, 11) is 1.58. The molecule has 18 heavy (non-hydrogen) atoms. The first kappa shape index (κ1) is 11.8. The van der Waals surface area contributed by atoms with E-state index in [1.54, 1.807) is 13.2 Å². The standard InChI is InChI=1S/C12H12N4O2/c1-18-9-4-2-3-8(5-9)11-10(15-7-17)6-14-12(13)16-11/h2-7H,1H3,(H,15,17)(H2,13,14,16). The predicted octanol–water partition coefficient (Wildman–Crippen LogP) is 1.30. The fourth-order valence-electron chi connectivity index (χ4n) is 1.56. The highest BCUT2D eigenvalue weighted by Gasteiger charge is 2.09. The van der Waals surface area contributed by atoms with Gasteiger partial charge in [0.05, 0.1) is 24.7 Å². The first-order chi connectivity index (χ1) is 8.74. The summed E-state index contributed by atoms with van der Waals surface area (Å²) in [4.78, 5) is 18.5. The number of nitrogen functional groups attached to an aromatic ring is 1. The number of hydrogen-bond acceptors (Lipinski definition) is 5. The van der Waals surface area contributed by atoms with Crippen LogP contribution in [0.4, 0.5) is 11.6 Å². The Balaban J connectivity index is 2.53. The lowest BCUT2D eigenvalue weighted by Gasteiger charge is -2.08. The number of nitrogens with one attached hydrogen (secondary N) is 1. The maximum Gasteiger partial charge on any atom is 0.220 e. The SMILES string of the molecule is COc1cccc(-c2nc(N)ncc2NC=O)c1. The van der Waals surface area contributed by atoms with E-state index in [0.717, 1.165) is 5.56 Å². The van der Waals surface area contributed by atoms with Gasteiger partial charge < -0.3 is 15.8 Å². The minimum absolute atomic E-state index is 0.143. The molecule has 1 heterocycles.